The molecular weight excluding hydrogens is 148 g/mol. The fourth-order valence-electron chi connectivity index (χ4n) is 1.86. The summed E-state index contributed by atoms with van der Waals surface area (Å²) in [6.07, 6.45) is 2.84. The van der Waals surface area contributed by atoms with E-state index < -0.39 is 0 Å². The standard InChI is InChI=1S/C10H24Si/c1-5-7-11(8-6-2)9-10(3)4/h10-11H,5-9H2,1-4H3. The van der Waals surface area contributed by atoms with Crippen LogP contribution in [0.2, 0.25) is 18.1 Å². The maximum atomic E-state index is 2.37. The third-order valence-corrected chi connectivity index (χ3v) is 6.60. The molecule has 0 N–H and O–H groups in total. The van der Waals surface area contributed by atoms with Gasteiger partial charge in [-0.2, -0.15) is 0 Å². The van der Waals surface area contributed by atoms with Gasteiger partial charge in [0.15, 0.2) is 0 Å². The molecular formula is C10H24Si. The Hall–Kier alpha value is 0.217. The molecule has 0 saturated heterocycles. The van der Waals surface area contributed by atoms with E-state index in [0.29, 0.717) is 0 Å². The van der Waals surface area contributed by atoms with E-state index in [-0.39, 0.29) is 8.80 Å². The largest absolute Gasteiger partial charge is 0.0657 e. The zero-order valence-corrected chi connectivity index (χ0v) is 9.84. The van der Waals surface area contributed by atoms with Crippen LogP contribution in [0.25, 0.3) is 0 Å². The average molecular weight is 172 g/mol. The summed E-state index contributed by atoms with van der Waals surface area (Å²) in [5, 5.41) is 0. The minimum absolute atomic E-state index is 0.292. The Bertz CT molecular complexity index is 72.9. The van der Waals surface area contributed by atoms with E-state index in [4.69, 9.17) is 0 Å². The molecule has 0 heterocycles. The van der Waals surface area contributed by atoms with Crippen molar-refractivity contribution in [3.63, 3.8) is 0 Å². The zero-order valence-electron chi connectivity index (χ0n) is 8.69. The first-order valence-corrected chi connectivity index (χ1v) is 7.65. The van der Waals surface area contributed by atoms with Gasteiger partial charge in [-0.15, -0.1) is 0 Å². The summed E-state index contributed by atoms with van der Waals surface area (Å²) < 4.78 is 0. The molecule has 0 rings (SSSR count). The van der Waals surface area contributed by atoms with Gasteiger partial charge in [0, 0.05) is 8.80 Å². The lowest BCUT2D eigenvalue weighted by Crippen LogP contribution is -2.13. The van der Waals surface area contributed by atoms with Crippen LogP contribution in [-0.2, 0) is 0 Å². The van der Waals surface area contributed by atoms with E-state index in [1.54, 1.807) is 18.1 Å². The Kier molecular flexibility index (Phi) is 7.03. The molecule has 0 amide bonds. The van der Waals surface area contributed by atoms with Crippen molar-refractivity contribution in [3.05, 3.63) is 0 Å². The maximum absolute atomic E-state index is 2.37. The second-order valence-corrected chi connectivity index (χ2v) is 7.43. The first-order chi connectivity index (χ1) is 5.20. The SMILES string of the molecule is CCC[SiH](CCC)CC(C)C. The molecule has 0 spiro atoms. The van der Waals surface area contributed by atoms with Crippen molar-refractivity contribution in [1.29, 1.82) is 0 Å². The molecule has 1 heteroatoms. The minimum atomic E-state index is -0.292. The summed E-state index contributed by atoms with van der Waals surface area (Å²) in [4.78, 5) is 0. The first-order valence-electron chi connectivity index (χ1n) is 5.20. The van der Waals surface area contributed by atoms with Gasteiger partial charge in [0.1, 0.15) is 0 Å². The molecule has 0 aromatic heterocycles. The highest BCUT2D eigenvalue weighted by atomic mass is 28.3. The third kappa shape index (κ3) is 6.61. The molecule has 0 radical (unpaired) electrons. The van der Waals surface area contributed by atoms with Crippen molar-refractivity contribution < 1.29 is 0 Å². The normalized spacial score (nSPS) is 11.5. The number of rotatable bonds is 6. The van der Waals surface area contributed by atoms with Crippen molar-refractivity contribution in [2.24, 2.45) is 5.92 Å². The number of hydrogen-bond acceptors (Lipinski definition) is 0. The van der Waals surface area contributed by atoms with E-state index in [2.05, 4.69) is 27.7 Å². The van der Waals surface area contributed by atoms with Gasteiger partial charge in [-0.05, 0) is 5.92 Å². The first kappa shape index (κ1) is 11.2. The van der Waals surface area contributed by atoms with Gasteiger partial charge in [-0.25, -0.2) is 0 Å². The summed E-state index contributed by atoms with van der Waals surface area (Å²) >= 11 is 0. The molecule has 0 aliphatic carbocycles. The summed E-state index contributed by atoms with van der Waals surface area (Å²) in [5.41, 5.74) is 0. The van der Waals surface area contributed by atoms with Crippen molar-refractivity contribution >= 4 is 8.80 Å². The highest BCUT2D eigenvalue weighted by Gasteiger charge is 2.09. The molecule has 0 fully saturated rings. The Labute approximate surface area is 74.0 Å². The van der Waals surface area contributed by atoms with Crippen LogP contribution >= 0.6 is 0 Å². The molecule has 0 unspecified atom stereocenters. The quantitative estimate of drug-likeness (QED) is 0.536. The topological polar surface area (TPSA) is 0 Å². The molecule has 0 aromatic rings. The third-order valence-electron chi connectivity index (χ3n) is 2.20. The van der Waals surface area contributed by atoms with Crippen LogP contribution in [0.5, 0.6) is 0 Å². The summed E-state index contributed by atoms with van der Waals surface area (Å²) in [7, 11) is -0.292. The molecule has 0 aromatic carbocycles. The van der Waals surface area contributed by atoms with Gasteiger partial charge < -0.3 is 0 Å². The molecule has 0 saturated carbocycles. The van der Waals surface area contributed by atoms with Crippen LogP contribution in [0.15, 0.2) is 0 Å². The fourth-order valence-corrected chi connectivity index (χ4v) is 5.59. The lowest BCUT2D eigenvalue weighted by Gasteiger charge is -2.15. The van der Waals surface area contributed by atoms with Crippen LogP contribution in [0.1, 0.15) is 40.5 Å². The molecule has 0 aliphatic heterocycles. The second-order valence-electron chi connectivity index (χ2n) is 4.07. The Morgan fingerprint density at radius 2 is 1.45 bits per heavy atom. The lowest BCUT2D eigenvalue weighted by atomic mass is 10.3. The van der Waals surface area contributed by atoms with Gasteiger partial charge in [0.05, 0.1) is 0 Å². The van der Waals surface area contributed by atoms with E-state index >= 15 is 0 Å². The fraction of sp³-hybridized carbons (Fsp3) is 1.00. The van der Waals surface area contributed by atoms with Crippen LogP contribution < -0.4 is 0 Å². The molecule has 0 bridgehead atoms. The minimum Gasteiger partial charge on any atom is -0.0657 e. The highest BCUT2D eigenvalue weighted by molar-refractivity contribution is 6.58. The smallest absolute Gasteiger partial charge is 0.0370 e. The van der Waals surface area contributed by atoms with Crippen LogP contribution in [0, 0.1) is 5.92 Å². The van der Waals surface area contributed by atoms with Crippen LogP contribution in [0.3, 0.4) is 0 Å². The van der Waals surface area contributed by atoms with E-state index in [0.717, 1.165) is 5.92 Å². The Morgan fingerprint density at radius 3 is 1.73 bits per heavy atom. The zero-order chi connectivity index (χ0) is 8.69. The van der Waals surface area contributed by atoms with Gasteiger partial charge in [0.25, 0.3) is 0 Å². The molecule has 0 aliphatic rings. The van der Waals surface area contributed by atoms with Gasteiger partial charge in [-0.1, -0.05) is 58.7 Å². The van der Waals surface area contributed by atoms with Gasteiger partial charge in [0.2, 0.25) is 0 Å². The van der Waals surface area contributed by atoms with E-state index in [1.165, 1.54) is 12.8 Å². The van der Waals surface area contributed by atoms with Crippen LogP contribution in [-0.4, -0.2) is 8.80 Å². The monoisotopic (exact) mass is 172 g/mol. The van der Waals surface area contributed by atoms with Crippen LogP contribution in [0.4, 0.5) is 0 Å². The maximum Gasteiger partial charge on any atom is 0.0370 e. The van der Waals surface area contributed by atoms with Crippen molar-refractivity contribution in [2.75, 3.05) is 0 Å². The van der Waals surface area contributed by atoms with Gasteiger partial charge in [-0.3, -0.25) is 0 Å². The molecule has 11 heavy (non-hydrogen) atoms. The Morgan fingerprint density at radius 1 is 1.00 bits per heavy atom. The Balaban J connectivity index is 3.50. The van der Waals surface area contributed by atoms with Crippen molar-refractivity contribution in [1.82, 2.24) is 0 Å². The van der Waals surface area contributed by atoms with E-state index in [9.17, 15) is 0 Å². The van der Waals surface area contributed by atoms with E-state index in [1.807, 2.05) is 0 Å². The predicted octanol–water partition coefficient (Wildman–Crippen LogP) is 3.69. The lowest BCUT2D eigenvalue weighted by molar-refractivity contribution is 0.718. The van der Waals surface area contributed by atoms with Gasteiger partial charge >= 0.3 is 0 Å². The second kappa shape index (κ2) is 6.90. The molecule has 68 valence electrons. The molecule has 0 nitrogen and oxygen atoms in total. The van der Waals surface area contributed by atoms with Crippen molar-refractivity contribution in [2.45, 2.75) is 58.7 Å². The summed E-state index contributed by atoms with van der Waals surface area (Å²) in [5.74, 6) is 0.949. The predicted molar refractivity (Wildman–Crippen MR) is 57.0 cm³/mol. The average Bonchev–Trinajstić information content (AvgIpc) is 1.87. The van der Waals surface area contributed by atoms with Crippen molar-refractivity contribution in [3.8, 4) is 0 Å². The summed E-state index contributed by atoms with van der Waals surface area (Å²) in [6, 6.07) is 4.72. The highest BCUT2D eigenvalue weighted by Crippen LogP contribution is 2.15. The summed E-state index contributed by atoms with van der Waals surface area (Å²) in [6.45, 7) is 9.39. The molecule has 0 atom stereocenters. The number of hydrogen-bond donors (Lipinski definition) is 0.